The van der Waals surface area contributed by atoms with Crippen molar-refractivity contribution in [3.05, 3.63) is 17.7 Å². The van der Waals surface area contributed by atoms with E-state index in [-0.39, 0.29) is 0 Å². The average Bonchev–Trinajstić information content (AvgIpc) is 2.80. The van der Waals surface area contributed by atoms with Crippen LogP contribution in [0.15, 0.2) is 12.1 Å². The maximum atomic E-state index is 11.8. The van der Waals surface area contributed by atoms with Crippen molar-refractivity contribution in [3.63, 3.8) is 0 Å². The molecule has 0 saturated carbocycles. The fourth-order valence-electron chi connectivity index (χ4n) is 3.73. The van der Waals surface area contributed by atoms with E-state index in [0.717, 1.165) is 12.8 Å². The molecule has 0 heterocycles. The molecular formula is C26H44O5. The van der Waals surface area contributed by atoms with Crippen LogP contribution in [0.5, 0.6) is 17.2 Å². The molecule has 0 fully saturated rings. The quantitative estimate of drug-likeness (QED) is 0.168. The van der Waals surface area contributed by atoms with Gasteiger partial charge in [0.2, 0.25) is 5.75 Å². The molecule has 0 N–H and O–H groups in total. The summed E-state index contributed by atoms with van der Waals surface area (Å²) in [5, 5.41) is 0. The number of unbranched alkanes of at least 4 members (excludes halogenated alkanes) is 13. The normalized spacial score (nSPS) is 10.7. The summed E-state index contributed by atoms with van der Waals surface area (Å²) >= 11 is 0. The molecule has 178 valence electrons. The van der Waals surface area contributed by atoms with Gasteiger partial charge < -0.3 is 18.9 Å². The third kappa shape index (κ3) is 11.3. The van der Waals surface area contributed by atoms with Crippen LogP contribution >= 0.6 is 0 Å². The third-order valence-electron chi connectivity index (χ3n) is 5.63. The topological polar surface area (TPSA) is 54.0 Å². The largest absolute Gasteiger partial charge is 0.493 e. The molecular weight excluding hydrogens is 392 g/mol. The Hall–Kier alpha value is -1.91. The summed E-state index contributed by atoms with van der Waals surface area (Å²) in [6.45, 7) is 2.87. The van der Waals surface area contributed by atoms with E-state index in [1.807, 2.05) is 0 Å². The first-order chi connectivity index (χ1) is 15.2. The van der Waals surface area contributed by atoms with E-state index in [1.165, 1.54) is 84.2 Å². The van der Waals surface area contributed by atoms with Gasteiger partial charge in [0, 0.05) is 0 Å². The van der Waals surface area contributed by atoms with Gasteiger partial charge in [0.1, 0.15) is 0 Å². The molecule has 0 atom stereocenters. The Kier molecular flexibility index (Phi) is 15.5. The van der Waals surface area contributed by atoms with Crippen LogP contribution in [0, 0.1) is 0 Å². The summed E-state index contributed by atoms with van der Waals surface area (Å²) in [4.78, 5) is 11.8. The second-order valence-electron chi connectivity index (χ2n) is 8.15. The number of esters is 1. The van der Waals surface area contributed by atoms with Gasteiger partial charge in [-0.3, -0.25) is 0 Å². The fraction of sp³-hybridized carbons (Fsp3) is 0.731. The van der Waals surface area contributed by atoms with Crippen molar-refractivity contribution in [2.24, 2.45) is 0 Å². The van der Waals surface area contributed by atoms with Gasteiger partial charge >= 0.3 is 5.97 Å². The van der Waals surface area contributed by atoms with Crippen molar-refractivity contribution in [1.29, 1.82) is 0 Å². The second-order valence-corrected chi connectivity index (χ2v) is 8.15. The lowest BCUT2D eigenvalue weighted by molar-refractivity contribution is 0.0599. The smallest absolute Gasteiger partial charge is 0.338 e. The molecule has 5 nitrogen and oxygen atoms in total. The van der Waals surface area contributed by atoms with Crippen molar-refractivity contribution < 1.29 is 23.7 Å². The first-order valence-electron chi connectivity index (χ1n) is 12.1. The number of hydrogen-bond acceptors (Lipinski definition) is 5. The van der Waals surface area contributed by atoms with Crippen molar-refractivity contribution in [3.8, 4) is 17.2 Å². The van der Waals surface area contributed by atoms with Gasteiger partial charge in [-0.2, -0.15) is 0 Å². The molecule has 5 heteroatoms. The molecule has 0 spiro atoms. The Balaban J connectivity index is 2.15. The van der Waals surface area contributed by atoms with E-state index >= 15 is 0 Å². The molecule has 0 aliphatic heterocycles. The third-order valence-corrected chi connectivity index (χ3v) is 5.63. The summed E-state index contributed by atoms with van der Waals surface area (Å²) in [6, 6.07) is 3.24. The van der Waals surface area contributed by atoms with Crippen molar-refractivity contribution in [1.82, 2.24) is 0 Å². The number of benzene rings is 1. The molecule has 0 aliphatic rings. The minimum absolute atomic E-state index is 0.375. The van der Waals surface area contributed by atoms with Gasteiger partial charge in [0.15, 0.2) is 11.5 Å². The Morgan fingerprint density at radius 3 is 1.48 bits per heavy atom. The monoisotopic (exact) mass is 436 g/mol. The van der Waals surface area contributed by atoms with Crippen LogP contribution in [-0.2, 0) is 4.74 Å². The Labute approximate surface area is 189 Å². The first kappa shape index (κ1) is 27.1. The summed E-state index contributed by atoms with van der Waals surface area (Å²) in [5.41, 5.74) is 0.375. The van der Waals surface area contributed by atoms with Gasteiger partial charge in [0.05, 0.1) is 33.5 Å². The molecule has 0 aromatic heterocycles. The summed E-state index contributed by atoms with van der Waals surface area (Å²) < 4.78 is 21.5. The van der Waals surface area contributed by atoms with E-state index < -0.39 is 5.97 Å². The second kappa shape index (κ2) is 17.7. The van der Waals surface area contributed by atoms with Crippen LogP contribution in [0.3, 0.4) is 0 Å². The maximum Gasteiger partial charge on any atom is 0.338 e. The number of methoxy groups -OCH3 is 3. The van der Waals surface area contributed by atoms with Crippen LogP contribution in [0.1, 0.15) is 107 Å². The molecule has 0 saturated heterocycles. The number of carbonyl (C=O) groups is 1. The van der Waals surface area contributed by atoms with Crippen molar-refractivity contribution in [2.75, 3.05) is 27.9 Å². The molecule has 0 radical (unpaired) electrons. The van der Waals surface area contributed by atoms with Crippen LogP contribution in [-0.4, -0.2) is 33.9 Å². The van der Waals surface area contributed by atoms with Crippen LogP contribution in [0.25, 0.3) is 0 Å². The lowest BCUT2D eigenvalue weighted by Gasteiger charge is -2.15. The minimum Gasteiger partial charge on any atom is -0.493 e. The highest BCUT2D eigenvalue weighted by molar-refractivity contribution is 5.91. The molecule has 1 aromatic carbocycles. The highest BCUT2D eigenvalue weighted by atomic mass is 16.5. The zero-order valence-electron chi connectivity index (χ0n) is 20.3. The Morgan fingerprint density at radius 2 is 1.10 bits per heavy atom. The molecule has 0 aliphatic carbocycles. The van der Waals surface area contributed by atoms with Crippen molar-refractivity contribution in [2.45, 2.75) is 96.8 Å². The summed E-state index contributed by atoms with van der Waals surface area (Å²) in [5.74, 6) is 1.05. The molecule has 1 aromatic rings. The molecule has 1 rings (SSSR count). The van der Waals surface area contributed by atoms with E-state index in [9.17, 15) is 4.79 Å². The number of hydrogen-bond donors (Lipinski definition) is 0. The predicted molar refractivity (Wildman–Crippen MR) is 127 cm³/mol. The zero-order chi connectivity index (χ0) is 22.7. The van der Waals surface area contributed by atoms with E-state index in [0.29, 0.717) is 29.4 Å². The van der Waals surface area contributed by atoms with Gasteiger partial charge in [0.25, 0.3) is 0 Å². The zero-order valence-corrected chi connectivity index (χ0v) is 20.3. The highest BCUT2D eigenvalue weighted by Crippen LogP contribution is 2.38. The van der Waals surface area contributed by atoms with Crippen LogP contribution in [0.2, 0.25) is 0 Å². The van der Waals surface area contributed by atoms with Gasteiger partial charge in [-0.05, 0) is 18.6 Å². The SMILES string of the molecule is CCCCCCCCCCCCCCCCOc1c(OC)cc(C(=O)OC)cc1OC. The van der Waals surface area contributed by atoms with E-state index in [2.05, 4.69) is 6.92 Å². The van der Waals surface area contributed by atoms with E-state index in [4.69, 9.17) is 18.9 Å². The lowest BCUT2D eigenvalue weighted by atomic mass is 10.0. The standard InChI is InChI=1S/C26H44O5/c1-5-6-7-8-9-10-11-12-13-14-15-16-17-18-19-31-25-23(28-2)20-22(26(27)30-4)21-24(25)29-3/h20-21H,5-19H2,1-4H3. The Morgan fingerprint density at radius 1 is 0.677 bits per heavy atom. The van der Waals surface area contributed by atoms with Crippen molar-refractivity contribution >= 4 is 5.97 Å². The molecule has 0 bridgehead atoms. The van der Waals surface area contributed by atoms with Gasteiger partial charge in [-0.1, -0.05) is 90.4 Å². The molecule has 31 heavy (non-hydrogen) atoms. The number of carbonyl (C=O) groups excluding carboxylic acids is 1. The highest BCUT2D eigenvalue weighted by Gasteiger charge is 2.18. The Bertz CT molecular complexity index is 574. The van der Waals surface area contributed by atoms with Crippen LogP contribution in [0.4, 0.5) is 0 Å². The summed E-state index contributed by atoms with van der Waals surface area (Å²) in [6.07, 6.45) is 18.6. The first-order valence-corrected chi connectivity index (χ1v) is 12.1. The molecule has 0 amide bonds. The van der Waals surface area contributed by atoms with Gasteiger partial charge in [-0.15, -0.1) is 0 Å². The lowest BCUT2D eigenvalue weighted by Crippen LogP contribution is -2.06. The number of rotatable bonds is 19. The number of ether oxygens (including phenoxy) is 4. The fourth-order valence-corrected chi connectivity index (χ4v) is 3.73. The van der Waals surface area contributed by atoms with Crippen LogP contribution < -0.4 is 14.2 Å². The minimum atomic E-state index is -0.435. The maximum absolute atomic E-state index is 11.8. The molecule has 0 unspecified atom stereocenters. The van der Waals surface area contributed by atoms with Gasteiger partial charge in [-0.25, -0.2) is 4.79 Å². The predicted octanol–water partition coefficient (Wildman–Crippen LogP) is 7.35. The summed E-state index contributed by atoms with van der Waals surface area (Å²) in [7, 11) is 4.45. The average molecular weight is 437 g/mol. The van der Waals surface area contributed by atoms with E-state index in [1.54, 1.807) is 26.4 Å².